The van der Waals surface area contributed by atoms with Gasteiger partial charge in [-0.15, -0.1) is 0 Å². The first-order valence-electron chi connectivity index (χ1n) is 10.1. The fraction of sp³-hybridized carbons (Fsp3) is 0.348. The van der Waals surface area contributed by atoms with E-state index in [1.807, 2.05) is 0 Å². The summed E-state index contributed by atoms with van der Waals surface area (Å²) < 4.78 is 89.6. The van der Waals surface area contributed by atoms with Crippen LogP contribution in [0.3, 0.4) is 0 Å². The third-order valence-corrected chi connectivity index (χ3v) is 5.86. The van der Waals surface area contributed by atoms with Gasteiger partial charge in [0, 0.05) is 35.3 Å². The Kier molecular flexibility index (Phi) is 6.88. The number of hydrogen-bond donors (Lipinski definition) is 1. The predicted molar refractivity (Wildman–Crippen MR) is 114 cm³/mol. The van der Waals surface area contributed by atoms with Crippen LogP contribution in [0.2, 0.25) is 0 Å². The van der Waals surface area contributed by atoms with E-state index < -0.39 is 52.3 Å². The topological polar surface area (TPSA) is 67.6 Å². The Morgan fingerprint density at radius 1 is 1.12 bits per heavy atom. The van der Waals surface area contributed by atoms with Crippen LogP contribution in [0.15, 0.2) is 35.5 Å². The zero-order valence-electron chi connectivity index (χ0n) is 18.6. The van der Waals surface area contributed by atoms with E-state index in [4.69, 9.17) is 4.74 Å². The molecule has 182 valence electrons. The van der Waals surface area contributed by atoms with Crippen LogP contribution >= 0.6 is 0 Å². The van der Waals surface area contributed by atoms with Gasteiger partial charge in [0.2, 0.25) is 0 Å². The Morgan fingerprint density at radius 3 is 2.41 bits per heavy atom. The number of nitrogens with zero attached hydrogens (tertiary/aromatic N) is 3. The number of benzene rings is 2. The normalized spacial score (nSPS) is 16.0. The second kappa shape index (κ2) is 9.21. The standard InChI is InChI=1S/C23H21F6N3O2/c1-11(14-6-5-7-16(24)21(14)34-4)12(2)22(33,23(27,28)29)10-31-18-8-17(25)19(26)20-15(18)9-30-13(3)32-20/h5-12,33H,1-4H3. The van der Waals surface area contributed by atoms with E-state index in [2.05, 4.69) is 15.0 Å². The molecule has 0 fully saturated rings. The highest BCUT2D eigenvalue weighted by atomic mass is 19.4. The van der Waals surface area contributed by atoms with Crippen LogP contribution in [0.25, 0.3) is 10.9 Å². The van der Waals surface area contributed by atoms with Crippen molar-refractivity contribution in [2.24, 2.45) is 10.9 Å². The molecule has 3 rings (SSSR count). The summed E-state index contributed by atoms with van der Waals surface area (Å²) in [5.74, 6) is -6.23. The van der Waals surface area contributed by atoms with Gasteiger partial charge in [0.05, 0.1) is 12.8 Å². The molecule has 1 N–H and O–H groups in total. The molecule has 1 heterocycles. The van der Waals surface area contributed by atoms with Gasteiger partial charge in [-0.3, -0.25) is 4.99 Å². The minimum absolute atomic E-state index is 0.105. The van der Waals surface area contributed by atoms with Gasteiger partial charge in [-0.2, -0.15) is 13.2 Å². The maximum absolute atomic E-state index is 14.2. The maximum Gasteiger partial charge on any atom is 0.422 e. The van der Waals surface area contributed by atoms with Crippen LogP contribution in [0.4, 0.5) is 32.0 Å². The van der Waals surface area contributed by atoms with Crippen molar-refractivity contribution in [1.82, 2.24) is 9.97 Å². The molecule has 0 aliphatic carbocycles. The Balaban J connectivity index is 2.11. The van der Waals surface area contributed by atoms with Crippen molar-refractivity contribution in [2.45, 2.75) is 38.5 Å². The van der Waals surface area contributed by atoms with Crippen LogP contribution in [0, 0.1) is 30.3 Å². The lowest BCUT2D eigenvalue weighted by atomic mass is 9.76. The number of aromatic nitrogens is 2. The number of aryl methyl sites for hydroxylation is 1. The molecule has 3 atom stereocenters. The van der Waals surface area contributed by atoms with Gasteiger partial charge in [-0.25, -0.2) is 23.1 Å². The molecule has 2 aromatic carbocycles. The van der Waals surface area contributed by atoms with E-state index in [0.29, 0.717) is 6.07 Å². The molecule has 0 aliphatic rings. The summed E-state index contributed by atoms with van der Waals surface area (Å²) >= 11 is 0. The van der Waals surface area contributed by atoms with Gasteiger partial charge in [-0.05, 0) is 18.9 Å². The van der Waals surface area contributed by atoms with Gasteiger partial charge in [0.1, 0.15) is 11.3 Å². The molecule has 0 saturated heterocycles. The quantitative estimate of drug-likeness (QED) is 0.354. The average Bonchev–Trinajstić information content (AvgIpc) is 2.78. The Hall–Kier alpha value is -3.21. The van der Waals surface area contributed by atoms with E-state index >= 15 is 0 Å². The number of ether oxygens (including phenoxy) is 1. The molecule has 11 heteroatoms. The highest BCUT2D eigenvalue weighted by molar-refractivity contribution is 5.92. The first-order chi connectivity index (χ1) is 15.8. The molecule has 3 aromatic rings. The third-order valence-electron chi connectivity index (χ3n) is 5.86. The highest BCUT2D eigenvalue weighted by Gasteiger charge is 2.57. The smallest absolute Gasteiger partial charge is 0.422 e. The van der Waals surface area contributed by atoms with Crippen LogP contribution in [0.5, 0.6) is 5.75 Å². The summed E-state index contributed by atoms with van der Waals surface area (Å²) in [6.45, 7) is 3.92. The van der Waals surface area contributed by atoms with Crippen molar-refractivity contribution in [3.63, 3.8) is 0 Å². The van der Waals surface area contributed by atoms with E-state index in [1.165, 1.54) is 33.1 Å². The molecule has 0 amide bonds. The monoisotopic (exact) mass is 485 g/mol. The van der Waals surface area contributed by atoms with Gasteiger partial charge in [0.25, 0.3) is 0 Å². The van der Waals surface area contributed by atoms with E-state index in [1.54, 1.807) is 0 Å². The lowest BCUT2D eigenvalue weighted by molar-refractivity contribution is -0.246. The number of methoxy groups -OCH3 is 1. The van der Waals surface area contributed by atoms with Gasteiger partial charge >= 0.3 is 6.18 Å². The number of alkyl halides is 3. The summed E-state index contributed by atoms with van der Waals surface area (Å²) in [6.07, 6.45) is -3.89. The average molecular weight is 485 g/mol. The van der Waals surface area contributed by atoms with E-state index in [-0.39, 0.29) is 28.7 Å². The second-order valence-electron chi connectivity index (χ2n) is 7.89. The van der Waals surface area contributed by atoms with Crippen molar-refractivity contribution in [2.75, 3.05) is 7.11 Å². The molecule has 0 radical (unpaired) electrons. The minimum atomic E-state index is -5.22. The van der Waals surface area contributed by atoms with Crippen molar-refractivity contribution < 1.29 is 36.2 Å². The van der Waals surface area contributed by atoms with Gasteiger partial charge in [-0.1, -0.05) is 26.0 Å². The number of aliphatic imine (C=N–C) groups is 1. The second-order valence-corrected chi connectivity index (χ2v) is 7.89. The Morgan fingerprint density at radius 2 is 1.79 bits per heavy atom. The molecular formula is C23H21F6N3O2. The number of rotatable bonds is 6. The molecule has 3 unspecified atom stereocenters. The van der Waals surface area contributed by atoms with Crippen LogP contribution in [-0.4, -0.2) is 40.2 Å². The summed E-state index contributed by atoms with van der Waals surface area (Å²) in [4.78, 5) is 11.3. The highest BCUT2D eigenvalue weighted by Crippen LogP contribution is 2.44. The summed E-state index contributed by atoms with van der Waals surface area (Å²) in [5.41, 5.74) is -4.28. The zero-order valence-corrected chi connectivity index (χ0v) is 18.6. The molecule has 0 aliphatic heterocycles. The zero-order chi connectivity index (χ0) is 25.4. The summed E-state index contributed by atoms with van der Waals surface area (Å²) in [6, 6.07) is 4.38. The third kappa shape index (κ3) is 4.44. The molecular weight excluding hydrogens is 464 g/mol. The lowest BCUT2D eigenvalue weighted by Gasteiger charge is -2.36. The predicted octanol–water partition coefficient (Wildman–Crippen LogP) is 5.80. The number of para-hydroxylation sites is 1. The molecule has 0 saturated carbocycles. The lowest BCUT2D eigenvalue weighted by Crippen LogP contribution is -2.53. The van der Waals surface area contributed by atoms with Gasteiger partial charge < -0.3 is 9.84 Å². The largest absolute Gasteiger partial charge is 0.493 e. The Bertz CT molecular complexity index is 1250. The minimum Gasteiger partial charge on any atom is -0.493 e. The van der Waals surface area contributed by atoms with Gasteiger partial charge in [0.15, 0.2) is 28.8 Å². The first-order valence-corrected chi connectivity index (χ1v) is 10.1. The van der Waals surface area contributed by atoms with Crippen LogP contribution in [-0.2, 0) is 0 Å². The number of hydrogen-bond acceptors (Lipinski definition) is 5. The molecule has 0 spiro atoms. The Labute approximate surface area is 191 Å². The van der Waals surface area contributed by atoms with Crippen LogP contribution in [0.1, 0.15) is 31.2 Å². The summed E-state index contributed by atoms with van der Waals surface area (Å²) in [7, 11) is 1.18. The fourth-order valence-corrected chi connectivity index (χ4v) is 3.67. The molecule has 5 nitrogen and oxygen atoms in total. The maximum atomic E-state index is 14.2. The van der Waals surface area contributed by atoms with Crippen molar-refractivity contribution in [3.8, 4) is 5.75 Å². The fourth-order valence-electron chi connectivity index (χ4n) is 3.67. The number of aliphatic hydroxyl groups is 1. The van der Waals surface area contributed by atoms with Crippen molar-refractivity contribution in [1.29, 1.82) is 0 Å². The number of halogens is 6. The van der Waals surface area contributed by atoms with Crippen LogP contribution < -0.4 is 4.74 Å². The summed E-state index contributed by atoms with van der Waals surface area (Å²) in [5, 5.41) is 10.6. The van der Waals surface area contributed by atoms with Crippen molar-refractivity contribution >= 4 is 22.8 Å². The molecule has 0 bridgehead atoms. The van der Waals surface area contributed by atoms with Crippen molar-refractivity contribution in [3.05, 3.63) is 59.3 Å². The molecule has 34 heavy (non-hydrogen) atoms. The van der Waals surface area contributed by atoms with E-state index in [0.717, 1.165) is 19.2 Å². The number of fused-ring (bicyclic) bond motifs is 1. The molecule has 1 aromatic heterocycles. The SMILES string of the molecule is COc1c(F)cccc1C(C)C(C)C(O)(C=Nc1cc(F)c(F)c2nc(C)ncc12)C(F)(F)F. The van der Waals surface area contributed by atoms with E-state index in [9.17, 15) is 31.4 Å². The first kappa shape index (κ1) is 25.4.